The van der Waals surface area contributed by atoms with Gasteiger partial charge < -0.3 is 10.2 Å². The van der Waals surface area contributed by atoms with Crippen LogP contribution in [-0.2, 0) is 13.1 Å². The molecule has 0 saturated heterocycles. The highest BCUT2D eigenvalue weighted by molar-refractivity contribution is 5.29. The Hall–Kier alpha value is -4.03. The number of nitrogens with one attached hydrogen (secondary N) is 1. The lowest BCUT2D eigenvalue weighted by atomic mass is 10.0. The van der Waals surface area contributed by atoms with Gasteiger partial charge in [-0.3, -0.25) is 4.98 Å². The number of nitrogens with zero attached hydrogens (tertiary/aromatic N) is 3. The number of imidazole rings is 1. The van der Waals surface area contributed by atoms with Crippen LogP contribution >= 0.6 is 0 Å². The van der Waals surface area contributed by atoms with Gasteiger partial charge in [-0.1, -0.05) is 135 Å². The second-order valence-corrected chi connectivity index (χ2v) is 13.2. The zero-order valence-electron chi connectivity index (χ0n) is 29.8. The van der Waals surface area contributed by atoms with Gasteiger partial charge in [-0.05, 0) is 46.8 Å². The number of benzene rings is 2. The van der Waals surface area contributed by atoms with Crippen molar-refractivity contribution in [3.63, 3.8) is 0 Å². The summed E-state index contributed by atoms with van der Waals surface area (Å²) in [6.45, 7) is 20.8. The molecule has 0 radical (unpaired) electrons. The SMILES string of the molecule is C.C.C.C.C.CC(C)CC[NH3+].CC(C)CC[n+]1ccoc1.CC(C)c1ccc(-[n+]2ccccc2)cc1.CC(C)c1ccc(C[n+]2cc[nH]c2)cc1. The lowest BCUT2D eigenvalue weighted by Gasteiger charge is -2.05. The number of quaternary nitrogens is 1. The first-order valence-corrected chi connectivity index (χ1v) is 17.0. The fourth-order valence-corrected chi connectivity index (χ4v) is 4.44. The Balaban J connectivity index is -0.000000292. The molecular weight excluding hydrogens is 627 g/mol. The minimum absolute atomic E-state index is 0. The Morgan fingerprint density at radius 3 is 1.55 bits per heavy atom. The molecule has 0 atom stereocenters. The fourth-order valence-electron chi connectivity index (χ4n) is 4.44. The lowest BCUT2D eigenvalue weighted by molar-refractivity contribution is -0.700. The van der Waals surface area contributed by atoms with Crippen LogP contribution < -0.4 is 19.4 Å². The van der Waals surface area contributed by atoms with Crippen LogP contribution in [0.1, 0.15) is 134 Å². The van der Waals surface area contributed by atoms with Crippen LogP contribution in [0.5, 0.6) is 0 Å². The van der Waals surface area contributed by atoms with E-state index in [0.29, 0.717) is 11.8 Å². The predicted octanol–water partition coefficient (Wildman–Crippen LogP) is 10.6. The minimum Gasteiger partial charge on any atom is -0.412 e. The van der Waals surface area contributed by atoms with E-state index in [0.717, 1.165) is 31.5 Å². The van der Waals surface area contributed by atoms with Crippen LogP contribution in [0, 0.1) is 11.8 Å². The molecular formula is C45H81N5O+4. The predicted molar refractivity (Wildman–Crippen MR) is 222 cm³/mol. The van der Waals surface area contributed by atoms with E-state index in [9.17, 15) is 0 Å². The Morgan fingerprint density at radius 1 is 0.627 bits per heavy atom. The number of pyridine rings is 1. The Morgan fingerprint density at radius 2 is 1.16 bits per heavy atom. The van der Waals surface area contributed by atoms with Crippen LogP contribution in [-0.4, -0.2) is 11.5 Å². The molecule has 0 saturated carbocycles. The second-order valence-electron chi connectivity index (χ2n) is 13.2. The van der Waals surface area contributed by atoms with Crippen molar-refractivity contribution in [1.29, 1.82) is 0 Å². The average molecular weight is 708 g/mol. The maximum Gasteiger partial charge on any atom is 0.334 e. The molecule has 0 aliphatic rings. The van der Waals surface area contributed by atoms with Gasteiger partial charge in [0.15, 0.2) is 25.2 Å². The molecule has 3 heterocycles. The van der Waals surface area contributed by atoms with Crippen molar-refractivity contribution in [3.8, 4) is 5.69 Å². The summed E-state index contributed by atoms with van der Waals surface area (Å²) in [6, 6.07) is 23.7. The summed E-state index contributed by atoms with van der Waals surface area (Å²) in [5, 5.41) is 0. The van der Waals surface area contributed by atoms with E-state index in [1.54, 1.807) is 12.7 Å². The van der Waals surface area contributed by atoms with E-state index < -0.39 is 0 Å². The van der Waals surface area contributed by atoms with Gasteiger partial charge >= 0.3 is 6.39 Å². The lowest BCUT2D eigenvalue weighted by Crippen LogP contribution is -2.50. The number of hydrogen-bond donors (Lipinski definition) is 2. The third-order valence-electron chi connectivity index (χ3n) is 7.46. The fraction of sp³-hybridized carbons (Fsp3) is 0.489. The van der Waals surface area contributed by atoms with Gasteiger partial charge in [0.25, 0.3) is 0 Å². The number of oxazole rings is 1. The van der Waals surface area contributed by atoms with Crippen molar-refractivity contribution in [2.45, 2.75) is 130 Å². The van der Waals surface area contributed by atoms with E-state index in [1.807, 2.05) is 43.1 Å². The van der Waals surface area contributed by atoms with Gasteiger partial charge in [0.1, 0.15) is 18.9 Å². The zero-order valence-corrected chi connectivity index (χ0v) is 29.8. The molecule has 0 amide bonds. The van der Waals surface area contributed by atoms with Gasteiger partial charge in [0, 0.05) is 30.7 Å². The Labute approximate surface area is 315 Å². The van der Waals surface area contributed by atoms with E-state index in [2.05, 4.69) is 141 Å². The Kier molecular flexibility index (Phi) is 32.4. The first-order chi connectivity index (χ1) is 22.1. The molecule has 0 aliphatic carbocycles. The van der Waals surface area contributed by atoms with Crippen molar-refractivity contribution in [3.05, 3.63) is 133 Å². The molecule has 4 N–H and O–H groups in total. The van der Waals surface area contributed by atoms with Crippen LogP contribution in [0.2, 0.25) is 0 Å². The summed E-state index contributed by atoms with van der Waals surface area (Å²) in [5.74, 6) is 2.81. The maximum atomic E-state index is 4.91. The quantitative estimate of drug-likeness (QED) is 0.139. The first kappa shape index (κ1) is 53.8. The van der Waals surface area contributed by atoms with Gasteiger partial charge in [-0.2, -0.15) is 9.13 Å². The number of hydrogen-bond acceptors (Lipinski definition) is 1. The van der Waals surface area contributed by atoms with Gasteiger partial charge in [-0.25, -0.2) is 4.57 Å². The smallest absolute Gasteiger partial charge is 0.334 e. The minimum atomic E-state index is 0. The molecule has 0 bridgehead atoms. The van der Waals surface area contributed by atoms with Crippen molar-refractivity contribution in [2.24, 2.45) is 11.8 Å². The molecule has 5 rings (SSSR count). The third kappa shape index (κ3) is 23.1. The van der Waals surface area contributed by atoms with Crippen LogP contribution in [0.25, 0.3) is 5.69 Å². The molecule has 2 aromatic carbocycles. The highest BCUT2D eigenvalue weighted by atomic mass is 16.3. The first-order valence-electron chi connectivity index (χ1n) is 17.0. The van der Waals surface area contributed by atoms with Crippen molar-refractivity contribution in [1.82, 2.24) is 4.98 Å². The van der Waals surface area contributed by atoms with E-state index >= 15 is 0 Å². The molecule has 6 nitrogen and oxygen atoms in total. The zero-order chi connectivity index (χ0) is 33.7. The van der Waals surface area contributed by atoms with E-state index in [1.165, 1.54) is 35.2 Å². The summed E-state index contributed by atoms with van der Waals surface area (Å²) in [6.07, 6.45) is 17.9. The van der Waals surface area contributed by atoms with Crippen molar-refractivity contribution >= 4 is 0 Å². The maximum absolute atomic E-state index is 4.91. The highest BCUT2D eigenvalue weighted by Crippen LogP contribution is 2.15. The summed E-state index contributed by atoms with van der Waals surface area (Å²) in [4.78, 5) is 3.04. The molecule has 0 aliphatic heterocycles. The second kappa shape index (κ2) is 30.8. The van der Waals surface area contributed by atoms with Gasteiger partial charge in [0.05, 0.1) is 6.54 Å². The monoisotopic (exact) mass is 708 g/mol. The number of rotatable bonds is 10. The molecule has 5 aromatic rings. The molecule has 0 fully saturated rings. The largest absolute Gasteiger partial charge is 0.412 e. The highest BCUT2D eigenvalue weighted by Gasteiger charge is 2.05. The van der Waals surface area contributed by atoms with Gasteiger partial charge in [-0.15, -0.1) is 0 Å². The molecule has 288 valence electrons. The Bertz CT molecular complexity index is 1390. The molecule has 0 unspecified atom stereocenters. The van der Waals surface area contributed by atoms with Crippen LogP contribution in [0.4, 0.5) is 0 Å². The number of aromatic amines is 1. The number of H-pyrrole nitrogens is 1. The average Bonchev–Trinajstić information content (AvgIpc) is 3.77. The summed E-state index contributed by atoms with van der Waals surface area (Å²) >= 11 is 0. The summed E-state index contributed by atoms with van der Waals surface area (Å²) in [5.41, 5.74) is 9.06. The van der Waals surface area contributed by atoms with E-state index in [4.69, 9.17) is 4.42 Å². The number of aromatic nitrogens is 4. The summed E-state index contributed by atoms with van der Waals surface area (Å²) < 4.78 is 11.2. The normalized spacial score (nSPS) is 9.59. The summed E-state index contributed by atoms with van der Waals surface area (Å²) in [7, 11) is 0. The van der Waals surface area contributed by atoms with Crippen LogP contribution in [0.3, 0.4) is 0 Å². The van der Waals surface area contributed by atoms with Crippen molar-refractivity contribution in [2.75, 3.05) is 6.54 Å². The number of aryl methyl sites for hydroxylation is 1. The standard InChI is InChI=1S/C14H16N.C13H16N2.C8H14NO.C5H13N.5CH4/c1-12(2)13-6-8-14(9-7-13)15-10-4-3-5-11-15;1-11(2)13-5-3-12(4-6-13)9-15-8-7-14-10-15;1-8(2)3-4-9-5-6-10-7-9;1-5(2)3-4-6;;;;;/h3-12H,1-2H3;3-8,10-11H,9H2,1-2H3;5-8H,3-4H2,1-2H3;5H,3-4,6H2,1-2H3;5*1H4/q+1;;+1;;;;;;/p+2. The molecule has 6 heteroatoms. The van der Waals surface area contributed by atoms with Gasteiger partial charge in [0.2, 0.25) is 18.2 Å². The third-order valence-corrected chi connectivity index (χ3v) is 7.46. The van der Waals surface area contributed by atoms with E-state index in [-0.39, 0.29) is 37.1 Å². The topological polar surface area (TPSA) is 68.2 Å². The van der Waals surface area contributed by atoms with Crippen LogP contribution in [0.15, 0.2) is 121 Å². The molecule has 51 heavy (non-hydrogen) atoms. The van der Waals surface area contributed by atoms with Crippen molar-refractivity contribution < 1.29 is 23.9 Å². The molecule has 0 spiro atoms. The molecule has 3 aromatic heterocycles.